The molecule has 0 aromatic heterocycles. The molecule has 0 saturated carbocycles. The number of amides is 1. The molecule has 5 N–H and O–H groups in total. The zero-order valence-electron chi connectivity index (χ0n) is 8.62. The summed E-state index contributed by atoms with van der Waals surface area (Å²) in [5, 5.41) is 11.5. The summed E-state index contributed by atoms with van der Waals surface area (Å²) in [7, 11) is 0. The molecule has 10 heteroatoms. The Morgan fingerprint density at radius 2 is 2.53 bits per heavy atom. The summed E-state index contributed by atoms with van der Waals surface area (Å²) in [5.41, 5.74) is 5.45. The second-order valence-corrected chi connectivity index (χ2v) is 5.46. The number of nitrogens with one attached hydrogen (secondary N) is 2. The van der Waals surface area contributed by atoms with Gasteiger partial charge in [-0.3, -0.25) is 19.6 Å². The highest BCUT2D eigenvalue weighted by Gasteiger charge is 2.23. The van der Waals surface area contributed by atoms with E-state index in [0.29, 0.717) is 16.0 Å². The molecule has 1 heterocycles. The van der Waals surface area contributed by atoms with Crippen molar-refractivity contribution in [3.05, 3.63) is 0 Å². The lowest BCUT2D eigenvalue weighted by molar-refractivity contribution is -0.139. The van der Waals surface area contributed by atoms with Crippen molar-refractivity contribution < 1.29 is 18.9 Å². The third-order valence-electron chi connectivity index (χ3n) is 1.77. The fraction of sp³-hybridized carbons (Fsp3) is 0.571. The molecular weight excluding hydrogens is 286 g/mol. The minimum atomic E-state index is -1.00. The number of hydrogen-bond acceptors (Lipinski definition) is 7. The van der Waals surface area contributed by atoms with Crippen LogP contribution in [-0.2, 0) is 13.8 Å². The largest absolute Gasteiger partial charge is 0.480 e. The molecule has 17 heavy (non-hydrogen) atoms. The lowest BCUT2D eigenvalue weighted by Gasteiger charge is -2.20. The van der Waals surface area contributed by atoms with Crippen LogP contribution in [0.5, 0.6) is 0 Å². The number of thiol groups is 2. The van der Waals surface area contributed by atoms with Crippen LogP contribution in [0.4, 0.5) is 0 Å². The topological polar surface area (TPSA) is 114 Å². The van der Waals surface area contributed by atoms with Gasteiger partial charge in [0.2, 0.25) is 5.91 Å². The Bertz CT molecular complexity index is 338. The van der Waals surface area contributed by atoms with E-state index in [2.05, 4.69) is 22.7 Å². The molecule has 1 aliphatic heterocycles. The maximum Gasteiger partial charge on any atom is 0.323 e. The van der Waals surface area contributed by atoms with E-state index in [9.17, 15) is 9.59 Å². The van der Waals surface area contributed by atoms with Crippen LogP contribution in [0.1, 0.15) is 0 Å². The van der Waals surface area contributed by atoms with Crippen molar-refractivity contribution in [1.82, 2.24) is 10.0 Å². The third-order valence-corrected chi connectivity index (χ3v) is 3.84. The van der Waals surface area contributed by atoms with Crippen LogP contribution in [0.3, 0.4) is 0 Å². The van der Waals surface area contributed by atoms with Gasteiger partial charge in [0, 0.05) is 17.7 Å². The maximum absolute atomic E-state index is 11.3. The number of aliphatic carboxylic acids is 1. The zero-order valence-corrected chi connectivity index (χ0v) is 11.2. The Morgan fingerprint density at radius 3 is 3.12 bits per heavy atom. The summed E-state index contributed by atoms with van der Waals surface area (Å²) in [5.74, 6) is -1.13. The number of carboxylic acid groups (broad SMARTS) is 1. The van der Waals surface area contributed by atoms with Gasteiger partial charge < -0.3 is 15.0 Å². The predicted molar refractivity (Wildman–Crippen MR) is 72.1 cm³/mol. The molecule has 0 aliphatic carbocycles. The molecule has 1 rings (SSSR count). The lowest BCUT2D eigenvalue weighted by atomic mass is 10.3. The van der Waals surface area contributed by atoms with E-state index in [0.717, 1.165) is 11.9 Å². The van der Waals surface area contributed by atoms with E-state index in [1.54, 1.807) is 0 Å². The molecule has 0 aromatic rings. The third kappa shape index (κ3) is 4.85. The number of rotatable bonds is 3. The van der Waals surface area contributed by atoms with Crippen molar-refractivity contribution in [1.29, 1.82) is 0 Å². The molecule has 2 atom stereocenters. The number of carbonyl (C=O) groups excluding carboxylic acids is 1. The first kappa shape index (κ1) is 14.8. The van der Waals surface area contributed by atoms with Crippen molar-refractivity contribution in [3.8, 4) is 0 Å². The Morgan fingerprint density at radius 1 is 1.82 bits per heavy atom. The Hall–Kier alpha value is -0.260. The van der Waals surface area contributed by atoms with Gasteiger partial charge >= 0.3 is 5.97 Å². The van der Waals surface area contributed by atoms with Crippen LogP contribution >= 0.6 is 36.2 Å². The van der Waals surface area contributed by atoms with Crippen molar-refractivity contribution in [3.63, 3.8) is 0 Å². The van der Waals surface area contributed by atoms with Gasteiger partial charge in [0.1, 0.15) is 10.4 Å². The molecule has 0 radical (unpaired) electrons. The summed E-state index contributed by atoms with van der Waals surface area (Å²) in [6, 6.07) is -1.49. The first-order valence-electron chi connectivity index (χ1n) is 4.57. The Kier molecular flexibility index (Phi) is 6.30. The molecule has 1 amide bonds. The predicted octanol–water partition coefficient (Wildman–Crippen LogP) is -1.45. The van der Waals surface area contributed by atoms with E-state index in [1.807, 2.05) is 0 Å². The monoisotopic (exact) mass is 299 g/mol. The summed E-state index contributed by atoms with van der Waals surface area (Å²) >= 11 is 5.34. The van der Waals surface area contributed by atoms with Crippen molar-refractivity contribution >= 4 is 52.4 Å². The van der Waals surface area contributed by atoms with Crippen LogP contribution < -0.4 is 15.8 Å². The van der Waals surface area contributed by atoms with Crippen molar-refractivity contribution in [2.24, 2.45) is 5.73 Å². The molecule has 0 aromatic carbocycles. The van der Waals surface area contributed by atoms with Gasteiger partial charge in [-0.2, -0.15) is 12.6 Å². The van der Waals surface area contributed by atoms with Crippen molar-refractivity contribution in [2.45, 2.75) is 12.1 Å². The van der Waals surface area contributed by atoms with Gasteiger partial charge in [-0.25, -0.2) is 0 Å². The summed E-state index contributed by atoms with van der Waals surface area (Å²) in [4.78, 5) is 22.0. The van der Waals surface area contributed by atoms with Crippen LogP contribution in [0.25, 0.3) is 0 Å². The van der Waals surface area contributed by atoms with Crippen LogP contribution in [-0.4, -0.2) is 45.7 Å². The Labute approximate surface area is 112 Å². The highest BCUT2D eigenvalue weighted by Crippen LogP contribution is 2.11. The van der Waals surface area contributed by atoms with Crippen molar-refractivity contribution in [2.75, 3.05) is 12.4 Å². The fourth-order valence-electron chi connectivity index (χ4n) is 0.826. The van der Waals surface area contributed by atoms with Gasteiger partial charge in [0.15, 0.2) is 0 Å². The summed E-state index contributed by atoms with van der Waals surface area (Å²) in [6.45, 7) is 0.0883. The minimum absolute atomic E-state index is 0.0883. The van der Waals surface area contributed by atoms with E-state index < -0.39 is 18.1 Å². The normalized spacial score (nSPS) is 22.0. The molecule has 98 valence electrons. The molecule has 2 unspecified atom stereocenters. The molecule has 0 fully saturated rings. The lowest BCUT2D eigenvalue weighted by Crippen LogP contribution is -2.46. The van der Waals surface area contributed by atoms with E-state index in [1.165, 1.54) is 0 Å². The molecule has 0 spiro atoms. The molecule has 0 bridgehead atoms. The van der Waals surface area contributed by atoms with Gasteiger partial charge in [0.05, 0.1) is 12.6 Å². The highest BCUT2D eigenvalue weighted by molar-refractivity contribution is 8.25. The van der Waals surface area contributed by atoms with Gasteiger partial charge in [-0.1, -0.05) is 0 Å². The molecule has 7 nitrogen and oxygen atoms in total. The van der Waals surface area contributed by atoms with Gasteiger partial charge in [0.25, 0.3) is 0 Å². The quantitative estimate of drug-likeness (QED) is 0.215. The van der Waals surface area contributed by atoms with Gasteiger partial charge in [-0.05, 0) is 11.6 Å². The van der Waals surface area contributed by atoms with Gasteiger partial charge in [-0.15, -0.1) is 0 Å². The number of carbonyl (C=O) groups is 2. The smallest absolute Gasteiger partial charge is 0.323 e. The minimum Gasteiger partial charge on any atom is -0.480 e. The van der Waals surface area contributed by atoms with Crippen LogP contribution in [0, 0.1) is 0 Å². The molecular formula is C7H13N3O4S3. The number of carboxylic acids is 1. The van der Waals surface area contributed by atoms with E-state index >= 15 is 0 Å². The second kappa shape index (κ2) is 7.24. The number of nitrogens with two attached hydrogens (primary N) is 1. The van der Waals surface area contributed by atoms with Crippen LogP contribution in [0.15, 0.2) is 0 Å². The van der Waals surface area contributed by atoms with E-state index in [-0.39, 0.29) is 18.3 Å². The Balaban J connectivity index is 2.40. The zero-order chi connectivity index (χ0) is 12.8. The number of hydrogen-bond donors (Lipinski definition) is 6. The standard InChI is InChI=1S/C7H13N3O4S3/c8-3(2-15)5(11)10-16-7-9-4(6(12)13)1-14-17-7/h3-4,9,15,17H,1-2,8H2,(H,10,11)(H,12,13). The second-order valence-electron chi connectivity index (χ2n) is 3.08. The highest BCUT2D eigenvalue weighted by atomic mass is 32.2. The SMILES string of the molecule is NC(CS)C(=O)NSC1=[SH]OCC(C(=O)O)N1. The average molecular weight is 299 g/mol. The average Bonchev–Trinajstić information content (AvgIpc) is 2.35. The van der Waals surface area contributed by atoms with E-state index in [4.69, 9.17) is 15.0 Å². The molecule has 0 saturated heterocycles. The fourth-order valence-corrected chi connectivity index (χ4v) is 2.54. The summed E-state index contributed by atoms with van der Waals surface area (Å²) < 4.78 is 8.04. The maximum atomic E-state index is 11.3. The van der Waals surface area contributed by atoms with Crippen LogP contribution in [0.2, 0.25) is 0 Å². The summed E-state index contributed by atoms with van der Waals surface area (Å²) in [6.07, 6.45) is 0. The first-order valence-corrected chi connectivity index (χ1v) is 6.83. The molecule has 1 aliphatic rings. The first-order chi connectivity index (χ1) is 8.04.